The number of hydrogen-bond acceptors (Lipinski definition) is 2. The summed E-state index contributed by atoms with van der Waals surface area (Å²) < 4.78 is 0. The molecule has 0 atom stereocenters. The number of nitrogens with zero attached hydrogens (tertiary/aromatic N) is 1. The summed E-state index contributed by atoms with van der Waals surface area (Å²) in [7, 11) is 0. The smallest absolute Gasteiger partial charge is 0.220 e. The van der Waals surface area contributed by atoms with Crippen molar-refractivity contribution in [1.29, 1.82) is 0 Å². The number of nitrogens with one attached hydrogen (secondary N) is 1. The summed E-state index contributed by atoms with van der Waals surface area (Å²) in [5.41, 5.74) is 1.04. The van der Waals surface area contributed by atoms with Gasteiger partial charge in [0.2, 0.25) is 5.91 Å². The minimum absolute atomic E-state index is 0. The summed E-state index contributed by atoms with van der Waals surface area (Å²) in [6.45, 7) is 2.66. The molecule has 1 N–H and O–H groups in total. The van der Waals surface area contributed by atoms with Gasteiger partial charge in [0.25, 0.3) is 0 Å². The van der Waals surface area contributed by atoms with E-state index >= 15 is 0 Å². The van der Waals surface area contributed by atoms with Crippen molar-refractivity contribution in [2.75, 3.05) is 0 Å². The molecule has 0 radical (unpaired) electrons. The Labute approximate surface area is 86.0 Å². The van der Waals surface area contributed by atoms with E-state index < -0.39 is 0 Å². The monoisotopic (exact) mass is 194 g/mol. The first-order valence-corrected chi connectivity index (χ1v) is 4.98. The largest absolute Gasteiger partial charge is 0.352 e. The molecule has 0 aliphatic carbocycles. The third kappa shape index (κ3) is 4.03. The molecular formula is C11H18N2O. The van der Waals surface area contributed by atoms with Crippen LogP contribution in [-0.4, -0.2) is 10.9 Å². The van der Waals surface area contributed by atoms with Crippen LogP contribution in [0.5, 0.6) is 0 Å². The molecule has 14 heavy (non-hydrogen) atoms. The second kappa shape index (κ2) is 6.13. The highest BCUT2D eigenvalue weighted by molar-refractivity contribution is 5.75. The minimum Gasteiger partial charge on any atom is -0.352 e. The van der Waals surface area contributed by atoms with Crippen LogP contribution in [0.25, 0.3) is 0 Å². The van der Waals surface area contributed by atoms with Gasteiger partial charge in [-0.05, 0) is 18.1 Å². The molecule has 1 aromatic rings. The van der Waals surface area contributed by atoms with Gasteiger partial charge < -0.3 is 5.32 Å². The quantitative estimate of drug-likeness (QED) is 0.780. The molecule has 1 heterocycles. The van der Waals surface area contributed by atoms with E-state index in [1.54, 1.807) is 12.4 Å². The third-order valence-corrected chi connectivity index (χ3v) is 1.97. The maximum atomic E-state index is 11.2. The van der Waals surface area contributed by atoms with E-state index in [-0.39, 0.29) is 7.33 Å². The van der Waals surface area contributed by atoms with Crippen molar-refractivity contribution >= 4 is 5.91 Å². The van der Waals surface area contributed by atoms with Gasteiger partial charge in [-0.25, -0.2) is 0 Å². The molecule has 78 valence electrons. The number of amides is 1. The predicted molar refractivity (Wildman–Crippen MR) is 57.7 cm³/mol. The molecule has 1 rings (SSSR count). The van der Waals surface area contributed by atoms with E-state index in [2.05, 4.69) is 17.2 Å². The third-order valence-electron chi connectivity index (χ3n) is 1.97. The van der Waals surface area contributed by atoms with Gasteiger partial charge in [0, 0.05) is 26.8 Å². The average Bonchev–Trinajstić information content (AvgIpc) is 2.25. The molecule has 3 nitrogen and oxygen atoms in total. The molecule has 0 bridgehead atoms. The lowest BCUT2D eigenvalue weighted by molar-refractivity contribution is -0.121. The number of rotatable bonds is 5. The van der Waals surface area contributed by atoms with E-state index in [0.717, 1.165) is 18.4 Å². The average molecular weight is 194 g/mol. The van der Waals surface area contributed by atoms with E-state index in [0.29, 0.717) is 13.0 Å². The fourth-order valence-electron chi connectivity index (χ4n) is 1.13. The Morgan fingerprint density at radius 2 is 2.50 bits per heavy atom. The molecule has 0 unspecified atom stereocenters. The van der Waals surface area contributed by atoms with Gasteiger partial charge in [-0.2, -0.15) is 0 Å². The van der Waals surface area contributed by atoms with Crippen LogP contribution in [0.1, 0.15) is 33.2 Å². The number of carbonyl (C=O) groups is 1. The Morgan fingerprint density at radius 1 is 1.64 bits per heavy atom. The highest BCUT2D eigenvalue weighted by atomic mass is 16.1. The lowest BCUT2D eigenvalue weighted by atomic mass is 10.2. The van der Waals surface area contributed by atoms with Crippen molar-refractivity contribution in [3.05, 3.63) is 30.1 Å². The van der Waals surface area contributed by atoms with Crippen LogP contribution in [0, 0.1) is 0 Å². The van der Waals surface area contributed by atoms with Gasteiger partial charge in [0.15, 0.2) is 0 Å². The van der Waals surface area contributed by atoms with Crippen molar-refractivity contribution in [2.24, 2.45) is 0 Å². The number of unbranched alkanes of at least 4 members (excludes halogenated alkanes) is 1. The van der Waals surface area contributed by atoms with Crippen molar-refractivity contribution in [1.82, 2.24) is 10.3 Å². The molecule has 0 aliphatic heterocycles. The highest BCUT2D eigenvalue weighted by Crippen LogP contribution is 1.97. The second-order valence-electron chi connectivity index (χ2n) is 3.24. The lowest BCUT2D eigenvalue weighted by Gasteiger charge is -2.03. The van der Waals surface area contributed by atoms with Crippen molar-refractivity contribution in [2.45, 2.75) is 32.7 Å². The van der Waals surface area contributed by atoms with E-state index in [9.17, 15) is 4.79 Å². The van der Waals surface area contributed by atoms with Crippen molar-refractivity contribution < 1.29 is 6.22 Å². The molecule has 0 spiro atoms. The van der Waals surface area contributed by atoms with Gasteiger partial charge in [-0.3, -0.25) is 9.78 Å². The fourth-order valence-corrected chi connectivity index (χ4v) is 1.13. The molecule has 3 heteroatoms. The standard InChI is InChI=1S/C11H16N2O.H2/c1-2-3-6-11(14)13-9-10-5-4-7-12-8-10;/h4-5,7-8H,2-3,6,9H2,1H3,(H,13,14);1H. The summed E-state index contributed by atoms with van der Waals surface area (Å²) in [5, 5.41) is 2.85. The number of carbonyl (C=O) groups excluding carboxylic acids is 1. The summed E-state index contributed by atoms with van der Waals surface area (Å²) >= 11 is 0. The van der Waals surface area contributed by atoms with Gasteiger partial charge >= 0.3 is 0 Å². The van der Waals surface area contributed by atoms with E-state index in [4.69, 9.17) is 0 Å². The van der Waals surface area contributed by atoms with Crippen LogP contribution in [0.2, 0.25) is 0 Å². The first kappa shape index (κ1) is 10.7. The van der Waals surface area contributed by atoms with E-state index in [1.807, 2.05) is 12.1 Å². The first-order valence-electron chi connectivity index (χ1n) is 4.98. The molecule has 0 fully saturated rings. The molecule has 0 aliphatic rings. The fraction of sp³-hybridized carbons (Fsp3) is 0.455. The van der Waals surface area contributed by atoms with Gasteiger partial charge in [0.1, 0.15) is 0 Å². The maximum absolute atomic E-state index is 11.2. The Bertz CT molecular complexity index is 277. The van der Waals surface area contributed by atoms with Gasteiger partial charge in [0.05, 0.1) is 0 Å². The van der Waals surface area contributed by atoms with Crippen LogP contribution in [0.3, 0.4) is 0 Å². The Hall–Kier alpha value is -1.38. The maximum Gasteiger partial charge on any atom is 0.220 e. The lowest BCUT2D eigenvalue weighted by Crippen LogP contribution is -2.22. The highest BCUT2D eigenvalue weighted by Gasteiger charge is 1.99. The van der Waals surface area contributed by atoms with Crippen molar-refractivity contribution in [3.8, 4) is 0 Å². The Kier molecular flexibility index (Phi) is 4.69. The minimum atomic E-state index is 0. The summed E-state index contributed by atoms with van der Waals surface area (Å²) in [6, 6.07) is 3.82. The van der Waals surface area contributed by atoms with Crippen LogP contribution in [0.4, 0.5) is 0 Å². The first-order chi connectivity index (χ1) is 6.83. The molecular weight excluding hydrogens is 176 g/mol. The van der Waals surface area contributed by atoms with Crippen LogP contribution >= 0.6 is 0 Å². The number of pyridine rings is 1. The van der Waals surface area contributed by atoms with Crippen LogP contribution in [-0.2, 0) is 11.3 Å². The Morgan fingerprint density at radius 3 is 3.14 bits per heavy atom. The second-order valence-corrected chi connectivity index (χ2v) is 3.24. The SMILES string of the molecule is CCCCC(=O)NCc1cccnc1.[HH]. The molecule has 0 aromatic carbocycles. The Balaban J connectivity index is 0.00000196. The molecule has 1 amide bonds. The zero-order valence-corrected chi connectivity index (χ0v) is 8.49. The van der Waals surface area contributed by atoms with Gasteiger partial charge in [-0.1, -0.05) is 19.4 Å². The zero-order valence-electron chi connectivity index (χ0n) is 8.49. The normalized spacial score (nSPS) is 9.79. The molecule has 1 aromatic heterocycles. The topological polar surface area (TPSA) is 42.0 Å². The number of aromatic nitrogens is 1. The van der Waals surface area contributed by atoms with Crippen LogP contribution < -0.4 is 5.32 Å². The number of hydrogen-bond donors (Lipinski definition) is 1. The van der Waals surface area contributed by atoms with Crippen LogP contribution in [0.15, 0.2) is 24.5 Å². The van der Waals surface area contributed by atoms with Crippen molar-refractivity contribution in [3.63, 3.8) is 0 Å². The zero-order chi connectivity index (χ0) is 10.2. The molecule has 0 saturated carbocycles. The summed E-state index contributed by atoms with van der Waals surface area (Å²) in [4.78, 5) is 15.2. The molecule has 0 saturated heterocycles. The van der Waals surface area contributed by atoms with E-state index in [1.165, 1.54) is 0 Å². The predicted octanol–water partition coefficient (Wildman–Crippen LogP) is 2.13. The summed E-state index contributed by atoms with van der Waals surface area (Å²) in [5.74, 6) is 0.121. The summed E-state index contributed by atoms with van der Waals surface area (Å²) in [6.07, 6.45) is 6.12. The van der Waals surface area contributed by atoms with Gasteiger partial charge in [-0.15, -0.1) is 0 Å².